The molecular formula is C25H23N3O2S2. The Morgan fingerprint density at radius 1 is 1.12 bits per heavy atom. The largest absolute Gasteiger partial charge is 0.308 e. The van der Waals surface area contributed by atoms with E-state index in [1.807, 2.05) is 67.3 Å². The predicted molar refractivity (Wildman–Crippen MR) is 133 cm³/mol. The number of rotatable bonds is 4. The molecule has 1 atom stereocenters. The van der Waals surface area contributed by atoms with Crippen LogP contribution >= 0.6 is 23.1 Å². The van der Waals surface area contributed by atoms with Crippen LogP contribution in [0.3, 0.4) is 0 Å². The van der Waals surface area contributed by atoms with Crippen molar-refractivity contribution in [1.82, 2.24) is 9.55 Å². The van der Waals surface area contributed by atoms with E-state index in [0.29, 0.717) is 10.5 Å². The van der Waals surface area contributed by atoms with Gasteiger partial charge in [-0.1, -0.05) is 48.2 Å². The summed E-state index contributed by atoms with van der Waals surface area (Å²) in [6, 6.07) is 17.7. The van der Waals surface area contributed by atoms with Gasteiger partial charge in [0.15, 0.2) is 5.16 Å². The van der Waals surface area contributed by atoms with Crippen LogP contribution in [-0.2, 0) is 11.2 Å². The number of amides is 1. The molecule has 0 fully saturated rings. The molecule has 1 unspecified atom stereocenters. The number of thioether (sulfide) groups is 1. The van der Waals surface area contributed by atoms with Crippen LogP contribution in [-0.4, -0.2) is 27.3 Å². The van der Waals surface area contributed by atoms with Crippen molar-refractivity contribution in [3.63, 3.8) is 0 Å². The fraction of sp³-hybridized carbons (Fsp3) is 0.240. The molecule has 1 aliphatic rings. The number of carbonyl (C=O) groups is 1. The molecule has 0 bridgehead atoms. The number of aryl methyl sites for hydroxylation is 2. The van der Waals surface area contributed by atoms with Gasteiger partial charge in [0.05, 0.1) is 16.8 Å². The third-order valence-electron chi connectivity index (χ3n) is 5.99. The summed E-state index contributed by atoms with van der Waals surface area (Å²) in [4.78, 5) is 35.3. The lowest BCUT2D eigenvalue weighted by atomic mass is 10.1. The zero-order chi connectivity index (χ0) is 22.4. The molecule has 162 valence electrons. The number of benzene rings is 2. The van der Waals surface area contributed by atoms with Gasteiger partial charge in [0.2, 0.25) is 5.91 Å². The fourth-order valence-electron chi connectivity index (χ4n) is 4.32. The van der Waals surface area contributed by atoms with E-state index >= 15 is 0 Å². The van der Waals surface area contributed by atoms with Gasteiger partial charge in [-0.2, -0.15) is 0 Å². The smallest absolute Gasteiger partial charge is 0.267 e. The highest BCUT2D eigenvalue weighted by atomic mass is 32.2. The van der Waals surface area contributed by atoms with Crippen LogP contribution < -0.4 is 10.5 Å². The third-order valence-corrected chi connectivity index (χ3v) is 8.01. The number of carbonyl (C=O) groups excluding carboxylic acids is 1. The molecule has 3 heterocycles. The summed E-state index contributed by atoms with van der Waals surface area (Å²) in [6.45, 7) is 6.05. The van der Waals surface area contributed by atoms with Crippen molar-refractivity contribution in [3.05, 3.63) is 81.0 Å². The molecule has 5 rings (SSSR count). The maximum absolute atomic E-state index is 13.5. The molecule has 7 heteroatoms. The predicted octanol–water partition coefficient (Wildman–Crippen LogP) is 5.13. The highest BCUT2D eigenvalue weighted by molar-refractivity contribution is 7.99. The summed E-state index contributed by atoms with van der Waals surface area (Å²) in [7, 11) is 0. The van der Waals surface area contributed by atoms with Crippen LogP contribution in [0, 0.1) is 13.8 Å². The highest BCUT2D eigenvalue weighted by Gasteiger charge is 2.30. The van der Waals surface area contributed by atoms with Crippen molar-refractivity contribution >= 4 is 44.9 Å². The highest BCUT2D eigenvalue weighted by Crippen LogP contribution is 2.34. The Kier molecular flexibility index (Phi) is 5.39. The summed E-state index contributed by atoms with van der Waals surface area (Å²) in [6.07, 6.45) is 0.860. The van der Waals surface area contributed by atoms with E-state index in [1.54, 1.807) is 4.57 Å². The maximum atomic E-state index is 13.5. The van der Waals surface area contributed by atoms with Gasteiger partial charge in [-0.25, -0.2) is 4.98 Å². The van der Waals surface area contributed by atoms with Crippen LogP contribution in [0.1, 0.15) is 22.9 Å². The zero-order valence-electron chi connectivity index (χ0n) is 18.2. The van der Waals surface area contributed by atoms with Gasteiger partial charge in [-0.3, -0.25) is 14.2 Å². The van der Waals surface area contributed by atoms with Crippen molar-refractivity contribution in [1.29, 1.82) is 0 Å². The van der Waals surface area contributed by atoms with E-state index < -0.39 is 0 Å². The molecule has 0 aliphatic carbocycles. The Balaban J connectivity index is 1.53. The normalized spacial score (nSPS) is 15.3. The zero-order valence-corrected chi connectivity index (χ0v) is 19.8. The van der Waals surface area contributed by atoms with Gasteiger partial charge in [0, 0.05) is 16.6 Å². The lowest BCUT2D eigenvalue weighted by Crippen LogP contribution is -2.37. The lowest BCUT2D eigenvalue weighted by molar-refractivity contribution is -0.116. The Bertz CT molecular complexity index is 1390. The average molecular weight is 462 g/mol. The topological polar surface area (TPSA) is 55.2 Å². The van der Waals surface area contributed by atoms with Gasteiger partial charge < -0.3 is 4.90 Å². The van der Waals surface area contributed by atoms with Crippen molar-refractivity contribution < 1.29 is 4.79 Å². The van der Waals surface area contributed by atoms with Gasteiger partial charge in [0.25, 0.3) is 5.56 Å². The minimum absolute atomic E-state index is 0.0277. The SMILES string of the molecule is Cc1sc2nc(SCC(=O)N3c4ccccc4CC3C)n(-c3ccccc3)c(=O)c2c1C. The van der Waals surface area contributed by atoms with Crippen molar-refractivity contribution in [2.45, 2.75) is 38.4 Å². The molecule has 0 N–H and O–H groups in total. The average Bonchev–Trinajstić information content (AvgIpc) is 3.27. The molecule has 0 saturated heterocycles. The molecule has 4 aromatic rings. The first-order valence-corrected chi connectivity index (χ1v) is 12.4. The quantitative estimate of drug-likeness (QED) is 0.312. The van der Waals surface area contributed by atoms with Crippen LogP contribution in [0.4, 0.5) is 5.69 Å². The summed E-state index contributed by atoms with van der Waals surface area (Å²) >= 11 is 2.85. The van der Waals surface area contributed by atoms with Crippen LogP contribution in [0.25, 0.3) is 15.9 Å². The van der Waals surface area contributed by atoms with Crippen LogP contribution in [0.5, 0.6) is 0 Å². The Morgan fingerprint density at radius 2 is 1.84 bits per heavy atom. The minimum Gasteiger partial charge on any atom is -0.308 e. The molecular weight excluding hydrogens is 438 g/mol. The van der Waals surface area contributed by atoms with E-state index in [9.17, 15) is 9.59 Å². The van der Waals surface area contributed by atoms with Crippen molar-refractivity contribution in [2.75, 3.05) is 10.7 Å². The molecule has 1 aliphatic heterocycles. The fourth-order valence-corrected chi connectivity index (χ4v) is 6.26. The second-order valence-corrected chi connectivity index (χ2v) is 10.2. The number of hydrogen-bond donors (Lipinski definition) is 0. The van der Waals surface area contributed by atoms with Gasteiger partial charge in [-0.15, -0.1) is 11.3 Å². The van der Waals surface area contributed by atoms with E-state index in [-0.39, 0.29) is 23.3 Å². The Hall–Kier alpha value is -2.90. The monoisotopic (exact) mass is 461 g/mol. The summed E-state index contributed by atoms with van der Waals surface area (Å²) in [5, 5.41) is 1.21. The van der Waals surface area contributed by atoms with Gasteiger partial charge >= 0.3 is 0 Å². The number of para-hydroxylation sites is 2. The molecule has 0 saturated carbocycles. The van der Waals surface area contributed by atoms with E-state index in [2.05, 4.69) is 13.0 Å². The molecule has 0 radical (unpaired) electrons. The summed E-state index contributed by atoms with van der Waals surface area (Å²) in [5.41, 5.74) is 3.83. The first-order valence-electron chi connectivity index (χ1n) is 10.6. The summed E-state index contributed by atoms with van der Waals surface area (Å²) in [5.74, 6) is 0.243. The number of anilines is 1. The molecule has 32 heavy (non-hydrogen) atoms. The van der Waals surface area contributed by atoms with Crippen LogP contribution in [0.15, 0.2) is 64.5 Å². The van der Waals surface area contributed by atoms with E-state index in [1.165, 1.54) is 28.7 Å². The van der Waals surface area contributed by atoms with Crippen LogP contribution in [0.2, 0.25) is 0 Å². The standard InChI is InChI=1S/C25H23N3O2S2/c1-15-13-18-9-7-8-12-20(18)27(15)21(29)14-31-25-26-23-22(16(2)17(3)32-23)24(30)28(25)19-10-5-4-6-11-19/h4-12,15H,13-14H2,1-3H3. The number of thiophene rings is 1. The van der Waals surface area contributed by atoms with E-state index in [0.717, 1.165) is 33.1 Å². The molecule has 2 aromatic carbocycles. The van der Waals surface area contributed by atoms with Gasteiger partial charge in [0.1, 0.15) is 4.83 Å². The number of hydrogen-bond acceptors (Lipinski definition) is 5. The second kappa shape index (κ2) is 8.22. The first-order chi connectivity index (χ1) is 15.5. The number of fused-ring (bicyclic) bond motifs is 2. The van der Waals surface area contributed by atoms with Crippen molar-refractivity contribution in [3.8, 4) is 5.69 Å². The number of aromatic nitrogens is 2. The first kappa shape index (κ1) is 21.0. The molecule has 0 spiro atoms. The Morgan fingerprint density at radius 3 is 2.62 bits per heavy atom. The summed E-state index contributed by atoms with van der Waals surface area (Å²) < 4.78 is 1.64. The number of nitrogens with zero attached hydrogens (tertiary/aromatic N) is 3. The minimum atomic E-state index is -0.0853. The molecule has 5 nitrogen and oxygen atoms in total. The molecule has 1 amide bonds. The van der Waals surface area contributed by atoms with Crippen molar-refractivity contribution in [2.24, 2.45) is 0 Å². The second-order valence-electron chi connectivity index (χ2n) is 8.07. The van der Waals surface area contributed by atoms with Gasteiger partial charge in [-0.05, 0) is 56.5 Å². The lowest BCUT2D eigenvalue weighted by Gasteiger charge is -2.22. The molecule has 2 aromatic heterocycles. The van der Waals surface area contributed by atoms with E-state index in [4.69, 9.17) is 4.98 Å². The maximum Gasteiger partial charge on any atom is 0.267 e. The Labute approximate surface area is 194 Å². The third kappa shape index (κ3) is 3.45.